The number of nitrogens with one attached hydrogen (secondary N) is 3. The van der Waals surface area contributed by atoms with Crippen molar-refractivity contribution in [3.05, 3.63) is 42.5 Å². The minimum Gasteiger partial charge on any atom is -0.495 e. The van der Waals surface area contributed by atoms with Crippen molar-refractivity contribution in [1.82, 2.24) is 0 Å². The lowest BCUT2D eigenvalue weighted by Crippen LogP contribution is -2.42. The average molecular weight is 396 g/mol. The highest BCUT2D eigenvalue weighted by atomic mass is 16.5. The first kappa shape index (κ1) is 20.2. The van der Waals surface area contributed by atoms with Crippen molar-refractivity contribution in [3.8, 4) is 5.75 Å². The van der Waals surface area contributed by atoms with E-state index in [-0.39, 0.29) is 36.7 Å². The molecule has 0 spiro atoms. The van der Waals surface area contributed by atoms with Crippen molar-refractivity contribution in [2.75, 3.05) is 34.5 Å². The second-order valence-electron chi connectivity index (χ2n) is 6.83. The second-order valence-corrected chi connectivity index (χ2v) is 6.83. The number of carbonyl (C=O) groups is 3. The Morgan fingerprint density at radius 2 is 2.00 bits per heavy atom. The molecule has 1 heterocycles. The molecule has 0 fully saturated rings. The summed E-state index contributed by atoms with van der Waals surface area (Å²) >= 11 is 0. The lowest BCUT2D eigenvalue weighted by molar-refractivity contribution is -0.118. The van der Waals surface area contributed by atoms with Gasteiger partial charge in [-0.1, -0.05) is 12.1 Å². The van der Waals surface area contributed by atoms with Gasteiger partial charge in [-0.25, -0.2) is 0 Å². The van der Waals surface area contributed by atoms with Gasteiger partial charge in [-0.2, -0.15) is 0 Å². The molecular formula is C21H24N4O4. The maximum absolute atomic E-state index is 13.1. The third-order valence-electron chi connectivity index (χ3n) is 4.58. The molecule has 8 nitrogen and oxygen atoms in total. The first-order valence-electron chi connectivity index (χ1n) is 9.29. The molecule has 3 rings (SSSR count). The van der Waals surface area contributed by atoms with Gasteiger partial charge in [-0.05, 0) is 37.3 Å². The van der Waals surface area contributed by atoms with Crippen molar-refractivity contribution in [1.29, 1.82) is 0 Å². The van der Waals surface area contributed by atoms with Crippen molar-refractivity contribution in [3.63, 3.8) is 0 Å². The Morgan fingerprint density at radius 3 is 2.72 bits per heavy atom. The summed E-state index contributed by atoms with van der Waals surface area (Å²) in [5.41, 5.74) is 2.45. The maximum Gasteiger partial charge on any atom is 0.246 e. The molecule has 2 aromatic rings. The van der Waals surface area contributed by atoms with Gasteiger partial charge in [0.2, 0.25) is 17.7 Å². The van der Waals surface area contributed by atoms with Crippen LogP contribution in [0.3, 0.4) is 0 Å². The van der Waals surface area contributed by atoms with Crippen LogP contribution in [0.5, 0.6) is 5.75 Å². The predicted octanol–water partition coefficient (Wildman–Crippen LogP) is 2.83. The van der Waals surface area contributed by atoms with Crippen LogP contribution in [-0.4, -0.2) is 37.4 Å². The first-order chi connectivity index (χ1) is 13.9. The van der Waals surface area contributed by atoms with Crippen LogP contribution in [0.15, 0.2) is 42.5 Å². The van der Waals surface area contributed by atoms with Gasteiger partial charge in [0.25, 0.3) is 0 Å². The lowest BCUT2D eigenvalue weighted by atomic mass is 10.1. The van der Waals surface area contributed by atoms with E-state index in [0.717, 1.165) is 0 Å². The number of fused-ring (bicyclic) bond motifs is 1. The SMILES string of the molecule is COc1ccc(NC(C)=O)cc1NCC(=O)N1c2ccccc2NC(=O)C[C@H]1C. The van der Waals surface area contributed by atoms with Crippen LogP contribution in [0, 0.1) is 0 Å². The number of hydrogen-bond acceptors (Lipinski definition) is 5. The molecule has 152 valence electrons. The third kappa shape index (κ3) is 4.66. The number of benzene rings is 2. The Bertz CT molecular complexity index is 944. The molecule has 2 aromatic carbocycles. The van der Waals surface area contributed by atoms with Gasteiger partial charge in [0.15, 0.2) is 0 Å². The van der Waals surface area contributed by atoms with Crippen LogP contribution in [0.1, 0.15) is 20.3 Å². The number of nitrogens with zero attached hydrogens (tertiary/aromatic N) is 1. The zero-order chi connectivity index (χ0) is 21.0. The minimum atomic E-state index is -0.291. The number of anilines is 4. The number of amides is 3. The van der Waals surface area contributed by atoms with Crippen LogP contribution in [-0.2, 0) is 14.4 Å². The van der Waals surface area contributed by atoms with Crippen LogP contribution >= 0.6 is 0 Å². The number of hydrogen-bond donors (Lipinski definition) is 3. The summed E-state index contributed by atoms with van der Waals surface area (Å²) in [5.74, 6) is 0.0451. The van der Waals surface area contributed by atoms with E-state index >= 15 is 0 Å². The lowest BCUT2D eigenvalue weighted by Gasteiger charge is -2.28. The van der Waals surface area contributed by atoms with Gasteiger partial charge >= 0.3 is 0 Å². The molecule has 0 aliphatic carbocycles. The molecule has 0 bridgehead atoms. The number of rotatable bonds is 5. The summed E-state index contributed by atoms with van der Waals surface area (Å²) in [6.45, 7) is 3.26. The molecule has 29 heavy (non-hydrogen) atoms. The fourth-order valence-electron chi connectivity index (χ4n) is 3.35. The summed E-state index contributed by atoms with van der Waals surface area (Å²) in [7, 11) is 1.53. The van der Waals surface area contributed by atoms with E-state index in [0.29, 0.717) is 28.5 Å². The van der Waals surface area contributed by atoms with E-state index in [4.69, 9.17) is 4.74 Å². The Hall–Kier alpha value is -3.55. The van der Waals surface area contributed by atoms with Crippen LogP contribution in [0.25, 0.3) is 0 Å². The number of para-hydroxylation sites is 2. The monoisotopic (exact) mass is 396 g/mol. The third-order valence-corrected chi connectivity index (χ3v) is 4.58. The molecule has 0 aromatic heterocycles. The molecule has 1 aliphatic heterocycles. The Kier molecular flexibility index (Phi) is 6.01. The normalized spacial score (nSPS) is 15.6. The summed E-state index contributed by atoms with van der Waals surface area (Å²) in [6, 6.07) is 12.1. The van der Waals surface area contributed by atoms with Gasteiger partial charge in [-0.15, -0.1) is 0 Å². The molecule has 3 amide bonds. The second kappa shape index (κ2) is 8.64. The molecular weight excluding hydrogens is 372 g/mol. The van der Waals surface area contributed by atoms with E-state index in [1.807, 2.05) is 25.1 Å². The Labute approximate surface area is 169 Å². The van der Waals surface area contributed by atoms with Crippen molar-refractivity contribution >= 4 is 40.5 Å². The molecule has 0 unspecified atom stereocenters. The van der Waals surface area contributed by atoms with Crippen LogP contribution < -0.4 is 25.6 Å². The summed E-state index contributed by atoms with van der Waals surface area (Å²) < 4.78 is 5.34. The highest BCUT2D eigenvalue weighted by Crippen LogP contribution is 2.32. The van der Waals surface area contributed by atoms with Gasteiger partial charge in [0.05, 0.1) is 30.7 Å². The van der Waals surface area contributed by atoms with E-state index in [9.17, 15) is 14.4 Å². The number of ether oxygens (including phenoxy) is 1. The van der Waals surface area contributed by atoms with Gasteiger partial charge in [0, 0.05) is 25.1 Å². The smallest absolute Gasteiger partial charge is 0.246 e. The van der Waals surface area contributed by atoms with Gasteiger partial charge in [0.1, 0.15) is 5.75 Å². The van der Waals surface area contributed by atoms with Crippen LogP contribution in [0.2, 0.25) is 0 Å². The molecule has 1 aliphatic rings. The van der Waals surface area contributed by atoms with Crippen LogP contribution in [0.4, 0.5) is 22.7 Å². The summed E-state index contributed by atoms with van der Waals surface area (Å²) in [5, 5.41) is 8.63. The largest absolute Gasteiger partial charge is 0.495 e. The summed E-state index contributed by atoms with van der Waals surface area (Å²) in [4.78, 5) is 38.1. The molecule has 0 radical (unpaired) electrons. The van der Waals surface area contributed by atoms with Crippen molar-refractivity contribution < 1.29 is 19.1 Å². The molecule has 3 N–H and O–H groups in total. The predicted molar refractivity (Wildman–Crippen MR) is 112 cm³/mol. The molecule has 8 heteroatoms. The fourth-order valence-corrected chi connectivity index (χ4v) is 3.35. The topological polar surface area (TPSA) is 99.8 Å². The van der Waals surface area contributed by atoms with Gasteiger partial charge in [-0.3, -0.25) is 14.4 Å². The zero-order valence-electron chi connectivity index (χ0n) is 16.6. The summed E-state index contributed by atoms with van der Waals surface area (Å²) in [6.07, 6.45) is 0.210. The minimum absolute atomic E-state index is 0.00719. The molecule has 1 atom stereocenters. The Balaban J connectivity index is 1.82. The standard InChI is InChI=1S/C21H24N4O4/c1-13-10-20(27)24-16-6-4-5-7-18(16)25(13)21(28)12-22-17-11-15(23-14(2)26)8-9-19(17)29-3/h4-9,11,13,22H,10,12H2,1-3H3,(H,23,26)(H,24,27)/t13-/m1/s1. The molecule has 0 saturated heterocycles. The highest BCUT2D eigenvalue weighted by Gasteiger charge is 2.29. The Morgan fingerprint density at radius 1 is 1.24 bits per heavy atom. The number of methoxy groups -OCH3 is 1. The maximum atomic E-state index is 13.1. The van der Waals surface area contributed by atoms with E-state index in [1.54, 1.807) is 29.2 Å². The average Bonchev–Trinajstić information content (AvgIpc) is 2.80. The van der Waals surface area contributed by atoms with E-state index < -0.39 is 0 Å². The van der Waals surface area contributed by atoms with Crippen molar-refractivity contribution in [2.24, 2.45) is 0 Å². The van der Waals surface area contributed by atoms with Gasteiger partial charge < -0.3 is 25.6 Å². The quantitative estimate of drug-likeness (QED) is 0.722. The number of carbonyl (C=O) groups excluding carboxylic acids is 3. The van der Waals surface area contributed by atoms with Crippen molar-refractivity contribution in [2.45, 2.75) is 26.3 Å². The fraction of sp³-hybridized carbons (Fsp3) is 0.286. The highest BCUT2D eigenvalue weighted by molar-refractivity contribution is 6.05. The molecule has 0 saturated carbocycles. The first-order valence-corrected chi connectivity index (χ1v) is 9.29. The van der Waals surface area contributed by atoms with E-state index in [2.05, 4.69) is 16.0 Å². The van der Waals surface area contributed by atoms with E-state index in [1.165, 1.54) is 14.0 Å². The zero-order valence-corrected chi connectivity index (χ0v) is 16.6.